The molecule has 3 rings (SSSR count). The van der Waals surface area contributed by atoms with E-state index < -0.39 is 27.6 Å². The average Bonchev–Trinajstić information content (AvgIpc) is 2.97. The second-order valence-corrected chi connectivity index (χ2v) is 11.3. The lowest BCUT2D eigenvalue weighted by Crippen LogP contribution is -2.50. The second-order valence-electron chi connectivity index (χ2n) is 8.28. The van der Waals surface area contributed by atoms with Crippen molar-refractivity contribution < 1.29 is 14.5 Å². The van der Waals surface area contributed by atoms with Crippen LogP contribution in [0.4, 0.5) is 0 Å². The van der Waals surface area contributed by atoms with E-state index in [9.17, 15) is 14.5 Å². The molecule has 3 aromatic rings. The first kappa shape index (κ1) is 21.7. The van der Waals surface area contributed by atoms with Crippen LogP contribution in [-0.2, 0) is 21.7 Å². The van der Waals surface area contributed by atoms with Gasteiger partial charge in [0.15, 0.2) is 0 Å². The van der Waals surface area contributed by atoms with Gasteiger partial charge in [0.1, 0.15) is 4.75 Å². The Hall–Kier alpha value is -2.04. The molecule has 1 heterocycles. The maximum absolute atomic E-state index is 12.8. The monoisotopic (exact) mass is 427 g/mol. The standard InChI is InChI=1S/C23H25NO3S2/c1-6-7-15-8-10-19-17(12-15)18-13-16(9-11-20(18)28-19)23(5,14-21(25)26)24-29(27)22(2,3)4/h8-13,24H,14H2,1-5H3,(H,25,26)/t23?,29-/m1/s1. The van der Waals surface area contributed by atoms with Crippen LogP contribution >= 0.6 is 11.3 Å². The summed E-state index contributed by atoms with van der Waals surface area (Å²) in [4.78, 5) is 11.6. The van der Waals surface area contributed by atoms with Crippen LogP contribution in [0.5, 0.6) is 0 Å². The molecule has 0 aliphatic carbocycles. The zero-order valence-electron chi connectivity index (χ0n) is 17.3. The van der Waals surface area contributed by atoms with Crippen molar-refractivity contribution in [2.24, 2.45) is 0 Å². The van der Waals surface area contributed by atoms with Gasteiger partial charge in [0.25, 0.3) is 0 Å². The normalized spacial score (nSPS) is 15.0. The first-order valence-corrected chi connectivity index (χ1v) is 11.3. The van der Waals surface area contributed by atoms with Crippen LogP contribution in [-0.4, -0.2) is 20.4 Å². The van der Waals surface area contributed by atoms with Crippen molar-refractivity contribution in [1.29, 1.82) is 0 Å². The van der Waals surface area contributed by atoms with Gasteiger partial charge < -0.3 is 9.66 Å². The quantitative estimate of drug-likeness (QED) is 0.435. The SMILES string of the molecule is CC#Cc1ccc2sc3ccc(C(C)(CC(=O)O)N[S@+]([O-])C(C)(C)C)cc3c2c1. The van der Waals surface area contributed by atoms with Crippen LogP contribution in [0.3, 0.4) is 0 Å². The third-order valence-electron chi connectivity index (χ3n) is 4.75. The topological polar surface area (TPSA) is 72.4 Å². The van der Waals surface area contributed by atoms with E-state index in [0.717, 1.165) is 31.3 Å². The molecule has 0 amide bonds. The number of hydrogen-bond acceptors (Lipinski definition) is 4. The van der Waals surface area contributed by atoms with Crippen LogP contribution in [0, 0.1) is 11.8 Å². The molecule has 1 unspecified atom stereocenters. The van der Waals surface area contributed by atoms with Crippen LogP contribution in [0.2, 0.25) is 0 Å². The number of carbonyl (C=O) groups is 1. The average molecular weight is 428 g/mol. The van der Waals surface area contributed by atoms with E-state index in [1.807, 2.05) is 52.0 Å². The van der Waals surface area contributed by atoms with Crippen molar-refractivity contribution in [3.05, 3.63) is 47.5 Å². The third kappa shape index (κ3) is 4.59. The zero-order chi connectivity index (χ0) is 21.4. The summed E-state index contributed by atoms with van der Waals surface area (Å²) in [5.74, 6) is 5.08. The van der Waals surface area contributed by atoms with Crippen molar-refractivity contribution in [2.75, 3.05) is 0 Å². The van der Waals surface area contributed by atoms with Crippen molar-refractivity contribution >= 4 is 48.8 Å². The molecule has 29 heavy (non-hydrogen) atoms. The molecule has 2 atom stereocenters. The van der Waals surface area contributed by atoms with Gasteiger partial charge in [0.2, 0.25) is 0 Å². The van der Waals surface area contributed by atoms with E-state index in [1.54, 1.807) is 18.3 Å². The first-order valence-electron chi connectivity index (χ1n) is 9.34. The molecule has 0 aliphatic rings. The number of benzene rings is 2. The predicted octanol–water partition coefficient (Wildman–Crippen LogP) is 5.17. The highest BCUT2D eigenvalue weighted by atomic mass is 32.2. The molecule has 1 aromatic heterocycles. The molecule has 4 nitrogen and oxygen atoms in total. The molecule has 2 N–H and O–H groups in total. The van der Waals surface area contributed by atoms with Crippen molar-refractivity contribution in [3.8, 4) is 11.8 Å². The summed E-state index contributed by atoms with van der Waals surface area (Å²) in [6.07, 6.45) is -0.172. The lowest BCUT2D eigenvalue weighted by Gasteiger charge is -2.34. The summed E-state index contributed by atoms with van der Waals surface area (Å²) in [6, 6.07) is 12.1. The molecule has 0 saturated carbocycles. The van der Waals surface area contributed by atoms with Crippen molar-refractivity contribution in [1.82, 2.24) is 4.72 Å². The lowest BCUT2D eigenvalue weighted by atomic mass is 9.89. The summed E-state index contributed by atoms with van der Waals surface area (Å²) >= 11 is 0.285. The molecule has 6 heteroatoms. The van der Waals surface area contributed by atoms with Crippen LogP contribution in [0.25, 0.3) is 20.2 Å². The van der Waals surface area contributed by atoms with Crippen LogP contribution in [0.15, 0.2) is 36.4 Å². The van der Waals surface area contributed by atoms with Gasteiger partial charge in [-0.25, -0.2) is 0 Å². The number of thiophene rings is 1. The summed E-state index contributed by atoms with van der Waals surface area (Å²) < 4.78 is 17.6. The Morgan fingerprint density at radius 1 is 1.14 bits per heavy atom. The molecule has 0 bridgehead atoms. The Morgan fingerprint density at radius 3 is 2.34 bits per heavy atom. The minimum Gasteiger partial charge on any atom is -0.598 e. The summed E-state index contributed by atoms with van der Waals surface area (Å²) in [7, 11) is 0. The van der Waals surface area contributed by atoms with Crippen LogP contribution in [0.1, 0.15) is 52.2 Å². The minimum atomic E-state index is -1.41. The van der Waals surface area contributed by atoms with Crippen molar-refractivity contribution in [2.45, 2.75) is 51.3 Å². The smallest absolute Gasteiger partial charge is 0.305 e. The number of fused-ring (bicyclic) bond motifs is 3. The summed E-state index contributed by atoms with van der Waals surface area (Å²) in [5.41, 5.74) is 0.787. The number of carboxylic acids is 1. The Labute approximate surface area is 178 Å². The van der Waals surface area contributed by atoms with Gasteiger partial charge in [-0.05, 0) is 70.5 Å². The van der Waals surface area contributed by atoms with E-state index in [-0.39, 0.29) is 6.42 Å². The second kappa shape index (κ2) is 8.00. The first-order chi connectivity index (χ1) is 13.5. The van der Waals surface area contributed by atoms with Gasteiger partial charge >= 0.3 is 5.97 Å². The fourth-order valence-electron chi connectivity index (χ4n) is 3.20. The molecule has 152 valence electrons. The lowest BCUT2D eigenvalue weighted by molar-refractivity contribution is -0.138. The predicted molar refractivity (Wildman–Crippen MR) is 123 cm³/mol. The minimum absolute atomic E-state index is 0.172. The Balaban J connectivity index is 2.15. The van der Waals surface area contributed by atoms with Gasteiger partial charge in [0, 0.05) is 37.1 Å². The number of rotatable bonds is 5. The Bertz CT molecular complexity index is 1130. The highest BCUT2D eigenvalue weighted by molar-refractivity contribution is 7.90. The fraction of sp³-hybridized carbons (Fsp3) is 0.348. The van der Waals surface area contributed by atoms with Gasteiger partial charge in [-0.3, -0.25) is 4.79 Å². The van der Waals surface area contributed by atoms with E-state index in [4.69, 9.17) is 0 Å². The van der Waals surface area contributed by atoms with Gasteiger partial charge in [-0.15, -0.1) is 22.0 Å². The van der Waals surface area contributed by atoms with Gasteiger partial charge in [-0.2, -0.15) is 0 Å². The summed E-state index contributed by atoms with van der Waals surface area (Å²) in [5, 5.41) is 11.7. The van der Waals surface area contributed by atoms with E-state index >= 15 is 0 Å². The molecular weight excluding hydrogens is 402 g/mol. The number of nitrogens with one attached hydrogen (secondary N) is 1. The highest BCUT2D eigenvalue weighted by Crippen LogP contribution is 2.38. The zero-order valence-corrected chi connectivity index (χ0v) is 18.9. The largest absolute Gasteiger partial charge is 0.598 e. The molecular formula is C23H25NO3S2. The van der Waals surface area contributed by atoms with E-state index in [2.05, 4.69) is 28.7 Å². The van der Waals surface area contributed by atoms with Crippen LogP contribution < -0.4 is 4.72 Å². The van der Waals surface area contributed by atoms with Crippen molar-refractivity contribution in [3.63, 3.8) is 0 Å². The molecule has 0 saturated heterocycles. The van der Waals surface area contributed by atoms with Gasteiger partial charge in [0.05, 0.1) is 12.0 Å². The highest BCUT2D eigenvalue weighted by Gasteiger charge is 2.39. The van der Waals surface area contributed by atoms with E-state index in [0.29, 0.717) is 0 Å². The number of aliphatic carboxylic acids is 1. The molecule has 0 aliphatic heterocycles. The molecule has 2 aromatic carbocycles. The summed E-state index contributed by atoms with van der Waals surface area (Å²) in [6.45, 7) is 9.20. The van der Waals surface area contributed by atoms with Gasteiger partial charge in [-0.1, -0.05) is 12.0 Å². The number of hydrogen-bond donors (Lipinski definition) is 2. The Kier molecular flexibility index (Phi) is 5.98. The maximum Gasteiger partial charge on any atom is 0.305 e. The third-order valence-corrected chi connectivity index (χ3v) is 7.65. The molecule has 0 spiro atoms. The Morgan fingerprint density at radius 2 is 1.76 bits per heavy atom. The molecule has 0 fully saturated rings. The number of carboxylic acid groups (broad SMARTS) is 1. The fourth-order valence-corrected chi connectivity index (χ4v) is 5.17. The molecule has 0 radical (unpaired) electrons. The maximum atomic E-state index is 12.8. The van der Waals surface area contributed by atoms with E-state index in [1.165, 1.54) is 0 Å².